The van der Waals surface area contributed by atoms with E-state index in [1.807, 2.05) is 51.1 Å². The fraction of sp³-hybridized carbons (Fsp3) is 0.361. The van der Waals surface area contributed by atoms with Crippen LogP contribution in [0.15, 0.2) is 127 Å². The average Bonchev–Trinajstić information content (AvgIpc) is 3.47. The van der Waals surface area contributed by atoms with E-state index in [4.69, 9.17) is 37.9 Å². The zero-order valence-corrected chi connectivity index (χ0v) is 46.1. The summed E-state index contributed by atoms with van der Waals surface area (Å²) in [6, 6.07) is 35.1. The van der Waals surface area contributed by atoms with E-state index < -0.39 is 60.3 Å². The molecule has 424 valence electrons. The molecule has 18 nitrogen and oxygen atoms in total. The summed E-state index contributed by atoms with van der Waals surface area (Å²) in [5, 5.41) is 0. The first-order valence-corrected chi connectivity index (χ1v) is 26.1. The molecule has 0 heterocycles. The largest absolute Gasteiger partial charge is 0.463 e. The van der Waals surface area contributed by atoms with E-state index >= 15 is 0 Å². The SMILES string of the molecule is CCCCOC(=O)c1ccccc1C(=O)OCCCC.CCCCOC(=O)c1ccccc1C(=O)OCc1ccccc1.CCOC(=O)COC(=O)c1ccccc1C(=O)OCC.CCOC(=O)c1ccccc1C(=O)OCC. The number of carbonyl (C=O) groups is 9. The average molecular weight is 1090 g/mol. The van der Waals surface area contributed by atoms with Gasteiger partial charge in [0.1, 0.15) is 6.61 Å². The van der Waals surface area contributed by atoms with Crippen LogP contribution in [0.5, 0.6) is 0 Å². The quantitative estimate of drug-likeness (QED) is 0.0300. The molecule has 0 fully saturated rings. The number of ether oxygens (including phenoxy) is 9. The van der Waals surface area contributed by atoms with Crippen LogP contribution in [0.3, 0.4) is 0 Å². The van der Waals surface area contributed by atoms with Crippen molar-refractivity contribution < 1.29 is 85.8 Å². The van der Waals surface area contributed by atoms with Gasteiger partial charge >= 0.3 is 53.7 Å². The van der Waals surface area contributed by atoms with Crippen LogP contribution in [0.1, 0.15) is 175 Å². The molecule has 5 aromatic carbocycles. The van der Waals surface area contributed by atoms with Crippen LogP contribution in [-0.4, -0.2) is 107 Å². The van der Waals surface area contributed by atoms with Crippen molar-refractivity contribution in [2.45, 2.75) is 93.6 Å². The Hall–Kier alpha value is -8.67. The third kappa shape index (κ3) is 24.9. The number of rotatable bonds is 25. The first kappa shape index (κ1) is 66.4. The van der Waals surface area contributed by atoms with Gasteiger partial charge in [-0.1, -0.05) is 119 Å². The Bertz CT molecular complexity index is 2620. The van der Waals surface area contributed by atoms with Crippen LogP contribution in [0.25, 0.3) is 0 Å². The van der Waals surface area contributed by atoms with Crippen molar-refractivity contribution in [1.82, 2.24) is 0 Å². The third-order valence-electron chi connectivity index (χ3n) is 10.3. The van der Waals surface area contributed by atoms with Gasteiger partial charge in [0.2, 0.25) is 0 Å². The normalized spacial score (nSPS) is 9.91. The fourth-order valence-corrected chi connectivity index (χ4v) is 6.35. The van der Waals surface area contributed by atoms with E-state index in [9.17, 15) is 43.2 Å². The summed E-state index contributed by atoms with van der Waals surface area (Å²) in [6.45, 7) is 14.5. The van der Waals surface area contributed by atoms with Crippen LogP contribution in [0, 0.1) is 0 Å². The minimum Gasteiger partial charge on any atom is -0.463 e. The number of esters is 9. The summed E-state index contributed by atoms with van der Waals surface area (Å²) in [5.74, 6) is -5.02. The minimum atomic E-state index is -0.776. The first-order valence-electron chi connectivity index (χ1n) is 26.1. The summed E-state index contributed by atoms with van der Waals surface area (Å²) in [7, 11) is 0. The Labute approximate surface area is 461 Å². The maximum absolute atomic E-state index is 12.2. The van der Waals surface area contributed by atoms with Gasteiger partial charge in [-0.15, -0.1) is 0 Å². The highest BCUT2D eigenvalue weighted by atomic mass is 16.6. The highest BCUT2D eigenvalue weighted by Crippen LogP contribution is 2.17. The standard InChI is InChI=1S/C19H20O4.C16H22O4.C14H16O6.C12H14O4/c1-2-3-13-22-18(20)16-11-7-8-12-17(16)19(21)23-14-15-9-5-4-6-10-15;1-3-5-11-19-15(17)13-9-7-8-10-14(13)16(18)20-12-6-4-2;1-3-18-12(15)9-20-14(17)11-8-6-5-7-10(11)13(16)19-4-2;1-3-15-11(13)9-7-5-6-8-10(9)12(14)16-4-2/h4-12H,2-3,13-14H2,1H3;7-10H,3-6,11-12H2,1-2H3;5-8H,3-4,9H2,1-2H3;5-8H,3-4H2,1-2H3. The highest BCUT2D eigenvalue weighted by Gasteiger charge is 2.22. The zero-order valence-electron chi connectivity index (χ0n) is 46.1. The smallest absolute Gasteiger partial charge is 0.344 e. The summed E-state index contributed by atoms with van der Waals surface area (Å²) in [4.78, 5) is 106. The van der Waals surface area contributed by atoms with Crippen molar-refractivity contribution in [3.8, 4) is 0 Å². The number of carbonyl (C=O) groups excluding carboxylic acids is 9. The molecule has 0 aliphatic heterocycles. The van der Waals surface area contributed by atoms with Crippen LogP contribution in [0.4, 0.5) is 0 Å². The van der Waals surface area contributed by atoms with Gasteiger partial charge < -0.3 is 42.6 Å². The Balaban J connectivity index is 0.000000363. The lowest BCUT2D eigenvalue weighted by molar-refractivity contribution is -0.146. The minimum absolute atomic E-state index is 0.0512. The molecule has 0 radical (unpaired) electrons. The molecule has 5 rings (SSSR count). The van der Waals surface area contributed by atoms with Gasteiger partial charge in [-0.25, -0.2) is 43.2 Å². The van der Waals surface area contributed by atoms with Gasteiger partial charge in [0.25, 0.3) is 0 Å². The maximum Gasteiger partial charge on any atom is 0.344 e. The molecule has 0 aromatic heterocycles. The molecule has 0 aliphatic rings. The van der Waals surface area contributed by atoms with Crippen molar-refractivity contribution in [3.63, 3.8) is 0 Å². The first-order chi connectivity index (χ1) is 38.2. The van der Waals surface area contributed by atoms with Gasteiger partial charge in [0, 0.05) is 0 Å². The fourth-order valence-electron chi connectivity index (χ4n) is 6.35. The third-order valence-corrected chi connectivity index (χ3v) is 10.3. The summed E-state index contributed by atoms with van der Waals surface area (Å²) < 4.78 is 44.7. The van der Waals surface area contributed by atoms with Crippen molar-refractivity contribution in [3.05, 3.63) is 177 Å². The van der Waals surface area contributed by atoms with E-state index in [0.717, 1.165) is 44.1 Å². The van der Waals surface area contributed by atoms with E-state index in [2.05, 4.69) is 4.74 Å². The molecule has 79 heavy (non-hydrogen) atoms. The predicted molar refractivity (Wildman–Crippen MR) is 292 cm³/mol. The molecular weight excluding hydrogens is 1020 g/mol. The second kappa shape index (κ2) is 39.7. The number of benzene rings is 5. The molecule has 0 aliphatic carbocycles. The van der Waals surface area contributed by atoms with E-state index in [-0.39, 0.29) is 77.5 Å². The second-order valence-corrected chi connectivity index (χ2v) is 16.3. The number of unbranched alkanes of at least 4 members (excludes halogenated alkanes) is 3. The molecule has 18 heteroatoms. The van der Waals surface area contributed by atoms with Crippen molar-refractivity contribution in [2.75, 3.05) is 52.9 Å². The molecule has 0 amide bonds. The zero-order chi connectivity index (χ0) is 58.2. The molecule has 0 N–H and O–H groups in total. The lowest BCUT2D eigenvalue weighted by Crippen LogP contribution is -2.19. The molecular formula is C61H72O18. The van der Waals surface area contributed by atoms with Gasteiger partial charge in [-0.3, -0.25) is 0 Å². The maximum atomic E-state index is 12.2. The van der Waals surface area contributed by atoms with Gasteiger partial charge in [-0.2, -0.15) is 0 Å². The Kier molecular flexibility index (Phi) is 33.4. The summed E-state index contributed by atoms with van der Waals surface area (Å²) >= 11 is 0. The van der Waals surface area contributed by atoms with Crippen molar-refractivity contribution in [2.24, 2.45) is 0 Å². The van der Waals surface area contributed by atoms with Gasteiger partial charge in [-0.05, 0) is 101 Å². The molecule has 0 unspecified atom stereocenters. The van der Waals surface area contributed by atoms with Crippen LogP contribution >= 0.6 is 0 Å². The number of hydrogen-bond donors (Lipinski definition) is 0. The van der Waals surface area contributed by atoms with Crippen LogP contribution in [-0.2, 0) is 54.0 Å². The summed E-state index contributed by atoms with van der Waals surface area (Å²) in [6.07, 6.45) is 5.27. The predicted octanol–water partition coefficient (Wildman–Crippen LogP) is 11.2. The molecule has 0 spiro atoms. The van der Waals surface area contributed by atoms with Crippen molar-refractivity contribution in [1.29, 1.82) is 0 Å². The van der Waals surface area contributed by atoms with E-state index in [1.54, 1.807) is 113 Å². The number of hydrogen-bond acceptors (Lipinski definition) is 18. The molecule has 0 bridgehead atoms. The molecule has 0 saturated carbocycles. The monoisotopic (exact) mass is 1090 g/mol. The molecule has 0 atom stereocenters. The Morgan fingerprint density at radius 1 is 0.278 bits per heavy atom. The second-order valence-electron chi connectivity index (χ2n) is 16.3. The lowest BCUT2D eigenvalue weighted by Gasteiger charge is -2.09. The van der Waals surface area contributed by atoms with E-state index in [1.165, 1.54) is 12.1 Å². The Morgan fingerprint density at radius 3 is 0.785 bits per heavy atom. The molecule has 0 saturated heterocycles. The van der Waals surface area contributed by atoms with Crippen LogP contribution < -0.4 is 0 Å². The highest BCUT2D eigenvalue weighted by molar-refractivity contribution is 6.05. The van der Waals surface area contributed by atoms with Crippen molar-refractivity contribution >= 4 is 53.7 Å². The van der Waals surface area contributed by atoms with Crippen LogP contribution in [0.2, 0.25) is 0 Å². The lowest BCUT2D eigenvalue weighted by atomic mass is 10.1. The molecule has 5 aromatic rings. The topological polar surface area (TPSA) is 237 Å². The van der Waals surface area contributed by atoms with E-state index in [0.29, 0.717) is 19.8 Å². The van der Waals surface area contributed by atoms with Gasteiger partial charge in [0.15, 0.2) is 6.61 Å². The summed E-state index contributed by atoms with van der Waals surface area (Å²) in [5.41, 5.74) is 2.52. The van der Waals surface area contributed by atoms with Gasteiger partial charge in [0.05, 0.1) is 90.8 Å². The Morgan fingerprint density at radius 2 is 0.519 bits per heavy atom.